The lowest BCUT2D eigenvalue weighted by atomic mass is 9.88. The van der Waals surface area contributed by atoms with E-state index in [1.165, 1.54) is 28.5 Å². The van der Waals surface area contributed by atoms with E-state index in [0.29, 0.717) is 0 Å². The molecule has 3 aromatic carbocycles. The predicted octanol–water partition coefficient (Wildman–Crippen LogP) is 6.28. The Morgan fingerprint density at radius 1 is 0.821 bits per heavy atom. The molecule has 0 aromatic heterocycles. The molecule has 0 radical (unpaired) electrons. The molecular formula is C24H24F3N. The largest absolute Gasteiger partial charge is 0.416 e. The fourth-order valence-corrected chi connectivity index (χ4v) is 4.14. The second-order valence-corrected chi connectivity index (χ2v) is 7.67. The van der Waals surface area contributed by atoms with Crippen molar-refractivity contribution in [3.63, 3.8) is 0 Å². The number of likely N-dealkylation sites (tertiary alicyclic amines) is 1. The number of benzene rings is 3. The molecule has 0 unspecified atom stereocenters. The number of alkyl halides is 3. The van der Waals surface area contributed by atoms with Crippen molar-refractivity contribution in [3.05, 3.63) is 83.4 Å². The lowest BCUT2D eigenvalue weighted by Crippen LogP contribution is -2.34. The maximum atomic E-state index is 12.9. The number of hydrogen-bond acceptors (Lipinski definition) is 1. The molecule has 0 aliphatic carbocycles. The molecule has 0 atom stereocenters. The standard InChI is InChI=1S/C24H24F3N/c25-24(26,27)23-7-3-6-22(17-23)20-11-14-28(15-12-20)13-10-18-8-9-19-4-1-2-5-21(19)16-18/h1-9,16-17,20H,10-15H2. The summed E-state index contributed by atoms with van der Waals surface area (Å²) in [6, 6.07) is 20.8. The van der Waals surface area contributed by atoms with E-state index in [1.54, 1.807) is 0 Å². The zero-order valence-corrected chi connectivity index (χ0v) is 15.8. The topological polar surface area (TPSA) is 3.24 Å². The van der Waals surface area contributed by atoms with E-state index in [0.717, 1.165) is 50.5 Å². The molecule has 1 heterocycles. The summed E-state index contributed by atoms with van der Waals surface area (Å²) in [7, 11) is 0. The van der Waals surface area contributed by atoms with Gasteiger partial charge >= 0.3 is 6.18 Å². The lowest BCUT2D eigenvalue weighted by molar-refractivity contribution is -0.137. The Hall–Kier alpha value is -2.33. The Morgan fingerprint density at radius 3 is 2.32 bits per heavy atom. The van der Waals surface area contributed by atoms with Gasteiger partial charge in [-0.25, -0.2) is 0 Å². The summed E-state index contributed by atoms with van der Waals surface area (Å²) in [5.41, 5.74) is 1.62. The minimum atomic E-state index is -4.27. The maximum Gasteiger partial charge on any atom is 0.416 e. The van der Waals surface area contributed by atoms with Crippen molar-refractivity contribution in [2.75, 3.05) is 19.6 Å². The number of piperidine rings is 1. The van der Waals surface area contributed by atoms with Crippen LogP contribution in [0.15, 0.2) is 66.7 Å². The van der Waals surface area contributed by atoms with E-state index in [-0.39, 0.29) is 5.92 Å². The second-order valence-electron chi connectivity index (χ2n) is 7.67. The summed E-state index contributed by atoms with van der Waals surface area (Å²) in [6.07, 6.45) is -1.44. The number of nitrogens with zero attached hydrogens (tertiary/aromatic N) is 1. The summed E-state index contributed by atoms with van der Waals surface area (Å²) in [4.78, 5) is 2.43. The van der Waals surface area contributed by atoms with Gasteiger partial charge in [0.25, 0.3) is 0 Å². The number of hydrogen-bond donors (Lipinski definition) is 0. The van der Waals surface area contributed by atoms with Gasteiger partial charge in [-0.05, 0) is 66.2 Å². The third-order valence-corrected chi connectivity index (χ3v) is 5.80. The van der Waals surface area contributed by atoms with Crippen LogP contribution in [-0.4, -0.2) is 24.5 Å². The molecule has 28 heavy (non-hydrogen) atoms. The van der Waals surface area contributed by atoms with Crippen molar-refractivity contribution < 1.29 is 13.2 Å². The van der Waals surface area contributed by atoms with Crippen molar-refractivity contribution in [2.24, 2.45) is 0 Å². The molecule has 1 nitrogen and oxygen atoms in total. The van der Waals surface area contributed by atoms with Gasteiger partial charge in [0.2, 0.25) is 0 Å². The van der Waals surface area contributed by atoms with Crippen LogP contribution in [0.3, 0.4) is 0 Å². The predicted molar refractivity (Wildman–Crippen MR) is 108 cm³/mol. The molecule has 4 rings (SSSR count). The van der Waals surface area contributed by atoms with E-state index < -0.39 is 11.7 Å². The van der Waals surface area contributed by atoms with Crippen LogP contribution in [0.25, 0.3) is 10.8 Å². The molecule has 0 N–H and O–H groups in total. The van der Waals surface area contributed by atoms with Crippen LogP contribution in [0, 0.1) is 0 Å². The zero-order valence-electron chi connectivity index (χ0n) is 15.8. The summed E-state index contributed by atoms with van der Waals surface area (Å²) in [5.74, 6) is 0.221. The molecule has 1 fully saturated rings. The van der Waals surface area contributed by atoms with Gasteiger partial charge in [0.05, 0.1) is 5.56 Å². The van der Waals surface area contributed by atoms with E-state index in [4.69, 9.17) is 0 Å². The first-order valence-corrected chi connectivity index (χ1v) is 9.86. The third kappa shape index (κ3) is 4.39. The highest BCUT2D eigenvalue weighted by Gasteiger charge is 2.31. The summed E-state index contributed by atoms with van der Waals surface area (Å²) >= 11 is 0. The van der Waals surface area contributed by atoms with Gasteiger partial charge in [0.1, 0.15) is 0 Å². The Kier molecular flexibility index (Phi) is 5.40. The fourth-order valence-electron chi connectivity index (χ4n) is 4.14. The first-order chi connectivity index (χ1) is 13.5. The minimum Gasteiger partial charge on any atom is -0.303 e. The Balaban J connectivity index is 1.33. The van der Waals surface area contributed by atoms with Crippen LogP contribution in [0.1, 0.15) is 35.4 Å². The molecule has 0 bridgehead atoms. The van der Waals surface area contributed by atoms with Gasteiger partial charge in [-0.15, -0.1) is 0 Å². The van der Waals surface area contributed by atoms with Gasteiger partial charge < -0.3 is 4.90 Å². The summed E-state index contributed by atoms with van der Waals surface area (Å²) in [5, 5.41) is 2.52. The van der Waals surface area contributed by atoms with Crippen LogP contribution in [0.5, 0.6) is 0 Å². The van der Waals surface area contributed by atoms with Gasteiger partial charge in [-0.3, -0.25) is 0 Å². The van der Waals surface area contributed by atoms with E-state index in [1.807, 2.05) is 6.07 Å². The maximum absolute atomic E-state index is 12.9. The monoisotopic (exact) mass is 383 g/mol. The molecule has 4 heteroatoms. The van der Waals surface area contributed by atoms with E-state index in [2.05, 4.69) is 47.4 Å². The van der Waals surface area contributed by atoms with Crippen LogP contribution in [-0.2, 0) is 12.6 Å². The van der Waals surface area contributed by atoms with Crippen molar-refractivity contribution >= 4 is 10.8 Å². The van der Waals surface area contributed by atoms with Crippen LogP contribution in [0.4, 0.5) is 13.2 Å². The third-order valence-electron chi connectivity index (χ3n) is 5.80. The van der Waals surface area contributed by atoms with Crippen molar-refractivity contribution in [3.8, 4) is 0 Å². The molecule has 146 valence electrons. The number of fused-ring (bicyclic) bond motifs is 1. The fraction of sp³-hybridized carbons (Fsp3) is 0.333. The number of halogens is 3. The quantitative estimate of drug-likeness (QED) is 0.512. The van der Waals surface area contributed by atoms with Gasteiger partial charge in [-0.2, -0.15) is 13.2 Å². The van der Waals surface area contributed by atoms with Crippen molar-refractivity contribution in [2.45, 2.75) is 31.4 Å². The average Bonchev–Trinajstić information content (AvgIpc) is 2.72. The van der Waals surface area contributed by atoms with E-state index in [9.17, 15) is 13.2 Å². The molecule has 0 saturated carbocycles. The second kappa shape index (κ2) is 7.96. The molecule has 1 aliphatic heterocycles. The Bertz CT molecular complexity index is 940. The smallest absolute Gasteiger partial charge is 0.303 e. The zero-order chi connectivity index (χ0) is 19.6. The molecule has 1 aliphatic rings. The molecule has 1 saturated heterocycles. The normalized spacial score (nSPS) is 16.5. The summed E-state index contributed by atoms with van der Waals surface area (Å²) in [6.45, 7) is 2.87. The minimum absolute atomic E-state index is 0.221. The highest BCUT2D eigenvalue weighted by molar-refractivity contribution is 5.82. The van der Waals surface area contributed by atoms with Crippen molar-refractivity contribution in [1.82, 2.24) is 4.90 Å². The van der Waals surface area contributed by atoms with Gasteiger partial charge in [0, 0.05) is 6.54 Å². The highest BCUT2D eigenvalue weighted by atomic mass is 19.4. The Morgan fingerprint density at radius 2 is 1.57 bits per heavy atom. The van der Waals surface area contributed by atoms with E-state index >= 15 is 0 Å². The lowest BCUT2D eigenvalue weighted by Gasteiger charge is -2.32. The number of rotatable bonds is 4. The first-order valence-electron chi connectivity index (χ1n) is 9.86. The first kappa shape index (κ1) is 19.0. The van der Waals surface area contributed by atoms with Gasteiger partial charge in [-0.1, -0.05) is 60.7 Å². The molecule has 0 spiro atoms. The van der Waals surface area contributed by atoms with Crippen LogP contribution < -0.4 is 0 Å². The summed E-state index contributed by atoms with van der Waals surface area (Å²) < 4.78 is 38.8. The Labute approximate surface area is 163 Å². The van der Waals surface area contributed by atoms with Gasteiger partial charge in [0.15, 0.2) is 0 Å². The van der Waals surface area contributed by atoms with Crippen molar-refractivity contribution in [1.29, 1.82) is 0 Å². The average molecular weight is 383 g/mol. The molecular weight excluding hydrogens is 359 g/mol. The molecule has 3 aromatic rings. The van der Waals surface area contributed by atoms with Crippen LogP contribution >= 0.6 is 0 Å². The highest BCUT2D eigenvalue weighted by Crippen LogP contribution is 2.34. The van der Waals surface area contributed by atoms with Crippen LogP contribution in [0.2, 0.25) is 0 Å². The SMILES string of the molecule is FC(F)(F)c1cccc(C2CCN(CCc3ccc4ccccc4c3)CC2)c1. The molecule has 0 amide bonds.